The van der Waals surface area contributed by atoms with Crippen molar-refractivity contribution in [2.24, 2.45) is 0 Å². The molecule has 0 spiro atoms. The maximum absolute atomic E-state index is 13.8. The second-order valence-electron chi connectivity index (χ2n) is 4.27. The molecule has 0 N–H and O–H groups in total. The van der Waals surface area contributed by atoms with Crippen LogP contribution >= 0.6 is 0 Å². The Morgan fingerprint density at radius 2 is 1.84 bits per heavy atom. The van der Waals surface area contributed by atoms with Gasteiger partial charge in [-0.3, -0.25) is 4.79 Å². The standard InChI is InChI=1S/C16H15FO2/c1-3-12-7-9-13(10-8-12)19-16-14(11(2)18)5-4-6-15(16)17/h4-10H,3H2,1-2H3. The molecule has 0 bridgehead atoms. The Labute approximate surface area is 111 Å². The molecule has 19 heavy (non-hydrogen) atoms. The molecule has 98 valence electrons. The van der Waals surface area contributed by atoms with Gasteiger partial charge in [0, 0.05) is 0 Å². The third-order valence-corrected chi connectivity index (χ3v) is 2.90. The SMILES string of the molecule is CCc1ccc(Oc2c(F)cccc2C(C)=O)cc1. The van der Waals surface area contributed by atoms with Crippen molar-refractivity contribution in [2.45, 2.75) is 20.3 Å². The van der Waals surface area contributed by atoms with E-state index in [1.54, 1.807) is 18.2 Å². The second kappa shape index (κ2) is 5.65. The van der Waals surface area contributed by atoms with Crippen molar-refractivity contribution in [1.29, 1.82) is 0 Å². The predicted molar refractivity (Wildman–Crippen MR) is 72.3 cm³/mol. The van der Waals surface area contributed by atoms with E-state index in [1.165, 1.54) is 24.6 Å². The molecule has 0 aliphatic rings. The zero-order valence-corrected chi connectivity index (χ0v) is 10.9. The van der Waals surface area contributed by atoms with Gasteiger partial charge in [0.1, 0.15) is 5.75 Å². The summed E-state index contributed by atoms with van der Waals surface area (Å²) in [6, 6.07) is 11.7. The van der Waals surface area contributed by atoms with E-state index in [0.29, 0.717) is 5.75 Å². The summed E-state index contributed by atoms with van der Waals surface area (Å²) >= 11 is 0. The predicted octanol–water partition coefficient (Wildman–Crippen LogP) is 4.38. The van der Waals surface area contributed by atoms with Gasteiger partial charge in [0.05, 0.1) is 5.56 Å². The third kappa shape index (κ3) is 2.99. The number of ketones is 1. The van der Waals surface area contributed by atoms with Crippen LogP contribution in [-0.2, 0) is 6.42 Å². The largest absolute Gasteiger partial charge is 0.454 e. The van der Waals surface area contributed by atoms with Crippen molar-refractivity contribution in [3.05, 3.63) is 59.4 Å². The summed E-state index contributed by atoms with van der Waals surface area (Å²) in [4.78, 5) is 11.5. The quantitative estimate of drug-likeness (QED) is 0.760. The van der Waals surface area contributed by atoms with E-state index in [0.717, 1.165) is 6.42 Å². The van der Waals surface area contributed by atoms with Gasteiger partial charge in [0.25, 0.3) is 0 Å². The number of Topliss-reactive ketones (excluding diaryl/α,β-unsaturated/α-hetero) is 1. The lowest BCUT2D eigenvalue weighted by Crippen LogP contribution is -1.99. The summed E-state index contributed by atoms with van der Waals surface area (Å²) in [7, 11) is 0. The zero-order chi connectivity index (χ0) is 13.8. The first-order valence-corrected chi connectivity index (χ1v) is 6.18. The van der Waals surface area contributed by atoms with Crippen molar-refractivity contribution in [2.75, 3.05) is 0 Å². The second-order valence-corrected chi connectivity index (χ2v) is 4.27. The molecule has 0 radical (unpaired) electrons. The number of rotatable bonds is 4. The van der Waals surface area contributed by atoms with E-state index < -0.39 is 5.82 Å². The average Bonchev–Trinajstić information content (AvgIpc) is 2.41. The van der Waals surface area contributed by atoms with Crippen molar-refractivity contribution in [1.82, 2.24) is 0 Å². The van der Waals surface area contributed by atoms with E-state index >= 15 is 0 Å². The molecule has 0 saturated heterocycles. The fourth-order valence-corrected chi connectivity index (χ4v) is 1.80. The van der Waals surface area contributed by atoms with Crippen LogP contribution in [0.3, 0.4) is 0 Å². The van der Waals surface area contributed by atoms with Crippen LogP contribution < -0.4 is 4.74 Å². The van der Waals surface area contributed by atoms with Gasteiger partial charge in [-0.15, -0.1) is 0 Å². The Balaban J connectivity index is 2.34. The van der Waals surface area contributed by atoms with Crippen LogP contribution in [0.15, 0.2) is 42.5 Å². The smallest absolute Gasteiger partial charge is 0.173 e. The zero-order valence-electron chi connectivity index (χ0n) is 10.9. The minimum Gasteiger partial charge on any atom is -0.454 e. The third-order valence-electron chi connectivity index (χ3n) is 2.90. The van der Waals surface area contributed by atoms with E-state index in [2.05, 4.69) is 6.92 Å². The first kappa shape index (κ1) is 13.3. The van der Waals surface area contributed by atoms with Crippen molar-refractivity contribution in [3.8, 4) is 11.5 Å². The Morgan fingerprint density at radius 3 is 2.42 bits per heavy atom. The topological polar surface area (TPSA) is 26.3 Å². The number of ether oxygens (including phenoxy) is 1. The summed E-state index contributed by atoms with van der Waals surface area (Å²) in [5, 5.41) is 0. The molecule has 0 amide bonds. The van der Waals surface area contributed by atoms with Crippen LogP contribution in [-0.4, -0.2) is 5.78 Å². The number of para-hydroxylation sites is 1. The molecule has 0 unspecified atom stereocenters. The molecular formula is C16H15FO2. The Morgan fingerprint density at radius 1 is 1.16 bits per heavy atom. The highest BCUT2D eigenvalue weighted by Gasteiger charge is 2.14. The van der Waals surface area contributed by atoms with Gasteiger partial charge >= 0.3 is 0 Å². The number of carbonyl (C=O) groups is 1. The summed E-state index contributed by atoms with van der Waals surface area (Å²) in [6.45, 7) is 3.45. The molecule has 0 saturated carbocycles. The highest BCUT2D eigenvalue weighted by molar-refractivity contribution is 5.96. The summed E-state index contributed by atoms with van der Waals surface area (Å²) < 4.78 is 19.3. The number of hydrogen-bond acceptors (Lipinski definition) is 2. The van der Waals surface area contributed by atoms with Gasteiger partial charge in [0.2, 0.25) is 0 Å². The normalized spacial score (nSPS) is 10.3. The van der Waals surface area contributed by atoms with E-state index in [9.17, 15) is 9.18 Å². The number of halogens is 1. The van der Waals surface area contributed by atoms with Crippen LogP contribution in [0.5, 0.6) is 11.5 Å². The Bertz CT molecular complexity index is 588. The number of aryl methyl sites for hydroxylation is 1. The Kier molecular flexibility index (Phi) is 3.95. The van der Waals surface area contributed by atoms with Crippen molar-refractivity contribution >= 4 is 5.78 Å². The van der Waals surface area contributed by atoms with Gasteiger partial charge < -0.3 is 4.74 Å². The molecule has 0 aromatic heterocycles. The first-order chi connectivity index (χ1) is 9.11. The molecule has 2 aromatic carbocycles. The van der Waals surface area contributed by atoms with Crippen LogP contribution in [0, 0.1) is 5.82 Å². The van der Waals surface area contributed by atoms with Crippen molar-refractivity contribution in [3.63, 3.8) is 0 Å². The lowest BCUT2D eigenvalue weighted by Gasteiger charge is -2.10. The summed E-state index contributed by atoms with van der Waals surface area (Å²) in [5.41, 5.74) is 1.42. The first-order valence-electron chi connectivity index (χ1n) is 6.18. The molecule has 2 rings (SSSR count). The number of hydrogen-bond donors (Lipinski definition) is 0. The summed E-state index contributed by atoms with van der Waals surface area (Å²) in [5.74, 6) is -0.254. The minimum atomic E-state index is -0.535. The molecule has 3 heteroatoms. The molecule has 0 aliphatic heterocycles. The molecule has 2 aromatic rings. The van der Waals surface area contributed by atoms with Crippen LogP contribution in [0.4, 0.5) is 4.39 Å². The highest BCUT2D eigenvalue weighted by atomic mass is 19.1. The van der Waals surface area contributed by atoms with E-state index in [1.807, 2.05) is 12.1 Å². The maximum Gasteiger partial charge on any atom is 0.173 e. The lowest BCUT2D eigenvalue weighted by atomic mass is 10.1. The molecule has 2 nitrogen and oxygen atoms in total. The monoisotopic (exact) mass is 258 g/mol. The lowest BCUT2D eigenvalue weighted by molar-refractivity contribution is 0.101. The van der Waals surface area contributed by atoms with Gasteiger partial charge in [-0.05, 0) is 43.2 Å². The maximum atomic E-state index is 13.8. The van der Waals surface area contributed by atoms with E-state index in [4.69, 9.17) is 4.74 Å². The molecule has 0 aliphatic carbocycles. The van der Waals surface area contributed by atoms with Crippen molar-refractivity contribution < 1.29 is 13.9 Å². The fraction of sp³-hybridized carbons (Fsp3) is 0.188. The Hall–Kier alpha value is -2.16. The minimum absolute atomic E-state index is 0.0146. The van der Waals surface area contributed by atoms with Crippen LogP contribution in [0.1, 0.15) is 29.8 Å². The van der Waals surface area contributed by atoms with Gasteiger partial charge in [-0.1, -0.05) is 25.1 Å². The highest BCUT2D eigenvalue weighted by Crippen LogP contribution is 2.29. The summed E-state index contributed by atoms with van der Waals surface area (Å²) in [6.07, 6.45) is 0.929. The number of carbonyl (C=O) groups excluding carboxylic acids is 1. The fourth-order valence-electron chi connectivity index (χ4n) is 1.80. The molecule has 0 atom stereocenters. The average molecular weight is 258 g/mol. The van der Waals surface area contributed by atoms with Gasteiger partial charge in [-0.25, -0.2) is 4.39 Å². The molecule has 0 fully saturated rings. The molecular weight excluding hydrogens is 243 g/mol. The van der Waals surface area contributed by atoms with Gasteiger partial charge in [-0.2, -0.15) is 0 Å². The van der Waals surface area contributed by atoms with Gasteiger partial charge in [0.15, 0.2) is 17.3 Å². The van der Waals surface area contributed by atoms with E-state index in [-0.39, 0.29) is 17.1 Å². The molecule has 0 heterocycles. The number of benzene rings is 2. The van der Waals surface area contributed by atoms with Crippen LogP contribution in [0.2, 0.25) is 0 Å². The van der Waals surface area contributed by atoms with Crippen LogP contribution in [0.25, 0.3) is 0 Å².